The fourth-order valence-corrected chi connectivity index (χ4v) is 2.03. The van der Waals surface area contributed by atoms with Crippen LogP contribution in [0.5, 0.6) is 5.75 Å². The molecule has 0 bridgehead atoms. The second-order valence-electron chi connectivity index (χ2n) is 4.86. The molecule has 2 N–H and O–H groups in total. The van der Waals surface area contributed by atoms with Crippen molar-refractivity contribution in [2.75, 3.05) is 7.05 Å². The topological polar surface area (TPSA) is 58.6 Å². The van der Waals surface area contributed by atoms with Crippen molar-refractivity contribution in [3.63, 3.8) is 0 Å². The van der Waals surface area contributed by atoms with E-state index >= 15 is 0 Å². The molecule has 2 aromatic rings. The first-order chi connectivity index (χ1) is 10.1. The Kier molecular flexibility index (Phi) is 4.95. The van der Waals surface area contributed by atoms with Gasteiger partial charge in [-0.1, -0.05) is 30.3 Å². The molecule has 0 saturated carbocycles. The molecule has 110 valence electrons. The number of carbonyl (C=O) groups excluding carboxylic acids is 1. The summed E-state index contributed by atoms with van der Waals surface area (Å²) in [5, 5.41) is 12.4. The summed E-state index contributed by atoms with van der Waals surface area (Å²) < 4.78 is 5.63. The van der Waals surface area contributed by atoms with Crippen LogP contribution >= 0.6 is 0 Å². The van der Waals surface area contributed by atoms with Crippen molar-refractivity contribution in [2.24, 2.45) is 0 Å². The van der Waals surface area contributed by atoms with Crippen molar-refractivity contribution >= 4 is 5.97 Å². The van der Waals surface area contributed by atoms with E-state index in [0.717, 1.165) is 5.56 Å². The first-order valence-corrected chi connectivity index (χ1v) is 6.84. The van der Waals surface area contributed by atoms with E-state index in [2.05, 4.69) is 5.32 Å². The molecule has 0 aliphatic carbocycles. The molecule has 0 heterocycles. The Balaban J connectivity index is 2.19. The molecule has 2 unspecified atom stereocenters. The monoisotopic (exact) mass is 285 g/mol. The zero-order valence-electron chi connectivity index (χ0n) is 12.1. The lowest BCUT2D eigenvalue weighted by molar-refractivity contribution is 0.0219. The minimum absolute atomic E-state index is 0.0199. The Morgan fingerprint density at radius 3 is 2.29 bits per heavy atom. The highest BCUT2D eigenvalue weighted by molar-refractivity contribution is 5.89. The lowest BCUT2D eigenvalue weighted by atomic mass is 10.0. The molecule has 0 saturated heterocycles. The molecule has 0 aliphatic rings. The quantitative estimate of drug-likeness (QED) is 0.829. The van der Waals surface area contributed by atoms with Crippen LogP contribution in [0.2, 0.25) is 0 Å². The minimum Gasteiger partial charge on any atom is -0.508 e. The van der Waals surface area contributed by atoms with Gasteiger partial charge in [-0.15, -0.1) is 0 Å². The Labute approximate surface area is 124 Å². The second kappa shape index (κ2) is 6.90. The zero-order valence-corrected chi connectivity index (χ0v) is 12.1. The fourth-order valence-electron chi connectivity index (χ4n) is 2.03. The number of esters is 1. The van der Waals surface area contributed by atoms with E-state index in [0.29, 0.717) is 5.56 Å². The van der Waals surface area contributed by atoms with Gasteiger partial charge in [-0.3, -0.25) is 0 Å². The van der Waals surface area contributed by atoms with Crippen molar-refractivity contribution in [3.8, 4) is 5.75 Å². The summed E-state index contributed by atoms with van der Waals surface area (Å²) in [5.74, 6) is -0.291. The molecule has 0 aromatic heterocycles. The smallest absolute Gasteiger partial charge is 0.338 e. The van der Waals surface area contributed by atoms with E-state index < -0.39 is 5.97 Å². The number of phenols is 1. The number of phenolic OH excluding ortho intramolecular Hbond substituents is 1. The number of likely N-dealkylation sites (N-methyl/N-ethyl adjacent to an activating group) is 1. The second-order valence-corrected chi connectivity index (χ2v) is 4.86. The van der Waals surface area contributed by atoms with Crippen LogP contribution in [0.4, 0.5) is 0 Å². The van der Waals surface area contributed by atoms with Crippen molar-refractivity contribution in [1.82, 2.24) is 5.32 Å². The largest absolute Gasteiger partial charge is 0.508 e. The van der Waals surface area contributed by atoms with Crippen molar-refractivity contribution in [2.45, 2.75) is 19.1 Å². The third-order valence-corrected chi connectivity index (χ3v) is 3.37. The molecule has 0 radical (unpaired) electrons. The first-order valence-electron chi connectivity index (χ1n) is 6.84. The molecule has 0 amide bonds. The van der Waals surface area contributed by atoms with Gasteiger partial charge in [0.15, 0.2) is 0 Å². The number of benzene rings is 2. The lowest BCUT2D eigenvalue weighted by Gasteiger charge is -2.24. The summed E-state index contributed by atoms with van der Waals surface area (Å²) in [6.45, 7) is 1.96. The summed E-state index contributed by atoms with van der Waals surface area (Å²) in [5.41, 5.74) is 1.35. The van der Waals surface area contributed by atoms with Gasteiger partial charge in [-0.25, -0.2) is 4.79 Å². The molecular weight excluding hydrogens is 266 g/mol. The van der Waals surface area contributed by atoms with Gasteiger partial charge in [0.1, 0.15) is 11.9 Å². The third kappa shape index (κ3) is 3.83. The van der Waals surface area contributed by atoms with Gasteiger partial charge in [-0.05, 0) is 43.8 Å². The molecule has 0 spiro atoms. The molecule has 4 heteroatoms. The molecule has 4 nitrogen and oxygen atoms in total. The van der Waals surface area contributed by atoms with E-state index in [1.807, 2.05) is 44.3 Å². The fraction of sp³-hybridized carbons (Fsp3) is 0.235. The lowest BCUT2D eigenvalue weighted by Crippen LogP contribution is -2.32. The third-order valence-electron chi connectivity index (χ3n) is 3.37. The van der Waals surface area contributed by atoms with Crippen LogP contribution < -0.4 is 5.32 Å². The highest BCUT2D eigenvalue weighted by atomic mass is 16.5. The molecule has 2 atom stereocenters. The van der Waals surface area contributed by atoms with Gasteiger partial charge in [0.25, 0.3) is 0 Å². The number of nitrogens with one attached hydrogen (secondary N) is 1. The summed E-state index contributed by atoms with van der Waals surface area (Å²) in [4.78, 5) is 12.2. The van der Waals surface area contributed by atoms with Crippen LogP contribution in [0, 0.1) is 0 Å². The van der Waals surface area contributed by atoms with Gasteiger partial charge in [0, 0.05) is 6.04 Å². The highest BCUT2D eigenvalue weighted by Gasteiger charge is 2.23. The van der Waals surface area contributed by atoms with Crippen LogP contribution in [-0.4, -0.2) is 24.2 Å². The normalized spacial score (nSPS) is 13.4. The van der Waals surface area contributed by atoms with Crippen LogP contribution in [0.1, 0.15) is 28.9 Å². The van der Waals surface area contributed by atoms with Gasteiger partial charge in [0.2, 0.25) is 0 Å². The average Bonchev–Trinajstić information content (AvgIpc) is 2.53. The predicted octanol–water partition coefficient (Wildman–Crippen LogP) is 2.90. The maximum absolute atomic E-state index is 12.2. The minimum atomic E-state index is -0.411. The van der Waals surface area contributed by atoms with Crippen LogP contribution in [0.15, 0.2) is 54.6 Å². The highest BCUT2D eigenvalue weighted by Crippen LogP contribution is 2.23. The number of aromatic hydroxyl groups is 1. The Hall–Kier alpha value is -2.33. The van der Waals surface area contributed by atoms with Gasteiger partial charge in [0.05, 0.1) is 5.56 Å². The molecular formula is C17H19NO3. The Bertz CT molecular complexity index is 581. The van der Waals surface area contributed by atoms with E-state index in [9.17, 15) is 9.90 Å². The maximum atomic E-state index is 12.2. The average molecular weight is 285 g/mol. The molecule has 21 heavy (non-hydrogen) atoms. The number of carbonyl (C=O) groups is 1. The van der Waals surface area contributed by atoms with E-state index in [-0.39, 0.29) is 17.9 Å². The summed E-state index contributed by atoms with van der Waals surface area (Å²) >= 11 is 0. The zero-order chi connectivity index (χ0) is 15.2. The Morgan fingerprint density at radius 1 is 1.10 bits per heavy atom. The molecule has 2 aromatic carbocycles. The number of hydrogen-bond donors (Lipinski definition) is 2. The van der Waals surface area contributed by atoms with E-state index in [1.165, 1.54) is 12.1 Å². The number of hydrogen-bond acceptors (Lipinski definition) is 4. The SMILES string of the molecule is CNC(C)C(OC(=O)c1ccc(O)cc1)c1ccccc1. The predicted molar refractivity (Wildman–Crippen MR) is 81.2 cm³/mol. The maximum Gasteiger partial charge on any atom is 0.338 e. The van der Waals surface area contributed by atoms with Crippen molar-refractivity contribution in [3.05, 3.63) is 65.7 Å². The van der Waals surface area contributed by atoms with Gasteiger partial charge >= 0.3 is 5.97 Å². The molecule has 2 rings (SSSR count). The summed E-state index contributed by atoms with van der Waals surface area (Å²) in [7, 11) is 1.83. The van der Waals surface area contributed by atoms with Crippen molar-refractivity contribution < 1.29 is 14.6 Å². The van der Waals surface area contributed by atoms with Gasteiger partial charge < -0.3 is 15.2 Å². The van der Waals surface area contributed by atoms with Crippen LogP contribution in [0.25, 0.3) is 0 Å². The molecule has 0 aliphatic heterocycles. The number of ether oxygens (including phenoxy) is 1. The summed E-state index contributed by atoms with van der Waals surface area (Å²) in [6, 6.07) is 15.6. The van der Waals surface area contributed by atoms with E-state index in [4.69, 9.17) is 4.74 Å². The van der Waals surface area contributed by atoms with Crippen LogP contribution in [0.3, 0.4) is 0 Å². The summed E-state index contributed by atoms with van der Waals surface area (Å²) in [6.07, 6.45) is -0.377. The van der Waals surface area contributed by atoms with E-state index in [1.54, 1.807) is 12.1 Å². The van der Waals surface area contributed by atoms with Gasteiger partial charge in [-0.2, -0.15) is 0 Å². The first kappa shape index (κ1) is 15.1. The Morgan fingerprint density at radius 2 is 1.71 bits per heavy atom. The molecule has 0 fully saturated rings. The van der Waals surface area contributed by atoms with Crippen LogP contribution in [-0.2, 0) is 4.74 Å². The number of rotatable bonds is 5. The standard InChI is InChI=1S/C17H19NO3/c1-12(18-2)16(13-6-4-3-5-7-13)21-17(20)14-8-10-15(19)11-9-14/h3-12,16,18-19H,1-2H3. The van der Waals surface area contributed by atoms with Crippen molar-refractivity contribution in [1.29, 1.82) is 0 Å².